The molecular formula is C17H18ClNO2. The van der Waals surface area contributed by atoms with E-state index in [-0.39, 0.29) is 0 Å². The van der Waals surface area contributed by atoms with Crippen LogP contribution in [0.5, 0.6) is 0 Å². The molecule has 0 spiro atoms. The van der Waals surface area contributed by atoms with Gasteiger partial charge in [0.25, 0.3) is 0 Å². The number of carboxylic acids is 1. The predicted octanol–water partition coefficient (Wildman–Crippen LogP) is 4.23. The number of nitrogens with one attached hydrogen (secondary N) is 1. The van der Waals surface area contributed by atoms with Crippen LogP contribution >= 0.6 is 11.6 Å². The van der Waals surface area contributed by atoms with Crippen molar-refractivity contribution in [1.82, 2.24) is 0 Å². The minimum atomic E-state index is -1.08. The van der Waals surface area contributed by atoms with Crippen molar-refractivity contribution in [2.75, 3.05) is 5.32 Å². The van der Waals surface area contributed by atoms with Crippen molar-refractivity contribution in [3.63, 3.8) is 0 Å². The number of para-hydroxylation sites is 1. The van der Waals surface area contributed by atoms with Gasteiger partial charge in [-0.2, -0.15) is 0 Å². The van der Waals surface area contributed by atoms with Crippen molar-refractivity contribution in [1.29, 1.82) is 0 Å². The van der Waals surface area contributed by atoms with Gasteiger partial charge in [0.15, 0.2) is 0 Å². The first-order valence-electron chi connectivity index (χ1n) is 6.87. The first-order valence-corrected chi connectivity index (χ1v) is 7.25. The molecule has 2 rings (SSSR count). The Kier molecular flexibility index (Phi) is 4.86. The van der Waals surface area contributed by atoms with E-state index in [4.69, 9.17) is 11.6 Å². The van der Waals surface area contributed by atoms with Crippen molar-refractivity contribution in [3.05, 3.63) is 65.2 Å². The number of hydrogen-bond donors (Lipinski definition) is 2. The highest BCUT2D eigenvalue weighted by Gasteiger charge is 2.37. The molecule has 1 atom stereocenters. The van der Waals surface area contributed by atoms with Crippen LogP contribution in [0.25, 0.3) is 0 Å². The molecule has 0 heterocycles. The van der Waals surface area contributed by atoms with E-state index in [9.17, 15) is 9.90 Å². The van der Waals surface area contributed by atoms with Gasteiger partial charge in [-0.3, -0.25) is 0 Å². The van der Waals surface area contributed by atoms with Crippen molar-refractivity contribution < 1.29 is 9.90 Å². The van der Waals surface area contributed by atoms with Crippen LogP contribution in [0, 0.1) is 0 Å². The van der Waals surface area contributed by atoms with Crippen LogP contribution < -0.4 is 5.32 Å². The largest absolute Gasteiger partial charge is 0.479 e. The molecule has 0 fully saturated rings. The SMILES string of the molecule is CCC(Cc1ccccc1)(Nc1ccccc1Cl)C(=O)O. The van der Waals surface area contributed by atoms with Gasteiger partial charge >= 0.3 is 5.97 Å². The molecule has 0 amide bonds. The first-order chi connectivity index (χ1) is 10.1. The molecule has 0 aliphatic carbocycles. The van der Waals surface area contributed by atoms with E-state index in [0.717, 1.165) is 5.56 Å². The Morgan fingerprint density at radius 2 is 1.76 bits per heavy atom. The average Bonchev–Trinajstić information content (AvgIpc) is 2.49. The van der Waals surface area contributed by atoms with Gasteiger partial charge in [0.2, 0.25) is 0 Å². The number of aliphatic carboxylic acids is 1. The molecule has 21 heavy (non-hydrogen) atoms. The Labute approximate surface area is 129 Å². The molecule has 0 aliphatic rings. The van der Waals surface area contributed by atoms with Gasteiger partial charge in [0.05, 0.1) is 10.7 Å². The zero-order valence-corrected chi connectivity index (χ0v) is 12.6. The van der Waals surface area contributed by atoms with E-state index >= 15 is 0 Å². The van der Waals surface area contributed by atoms with E-state index in [1.54, 1.807) is 12.1 Å². The summed E-state index contributed by atoms with van der Waals surface area (Å²) in [5.41, 5.74) is 0.535. The van der Waals surface area contributed by atoms with E-state index in [0.29, 0.717) is 23.6 Å². The quantitative estimate of drug-likeness (QED) is 0.839. The molecule has 0 aromatic heterocycles. The third-order valence-corrected chi connectivity index (χ3v) is 3.94. The zero-order valence-electron chi connectivity index (χ0n) is 11.8. The maximum absolute atomic E-state index is 11.9. The van der Waals surface area contributed by atoms with Crippen LogP contribution in [0.3, 0.4) is 0 Å². The summed E-state index contributed by atoms with van der Waals surface area (Å²) in [6, 6.07) is 16.8. The van der Waals surface area contributed by atoms with Gasteiger partial charge in [0, 0.05) is 6.42 Å². The van der Waals surface area contributed by atoms with E-state index in [1.807, 2.05) is 49.4 Å². The number of anilines is 1. The molecule has 2 N–H and O–H groups in total. The summed E-state index contributed by atoms with van der Waals surface area (Å²) in [5, 5.41) is 13.4. The number of carbonyl (C=O) groups is 1. The Balaban J connectivity index is 2.33. The van der Waals surface area contributed by atoms with E-state index in [1.165, 1.54) is 0 Å². The van der Waals surface area contributed by atoms with Crippen LogP contribution in [-0.4, -0.2) is 16.6 Å². The maximum atomic E-state index is 11.9. The minimum absolute atomic E-state index is 0.394. The van der Waals surface area contributed by atoms with Crippen LogP contribution in [-0.2, 0) is 11.2 Å². The zero-order chi connectivity index (χ0) is 15.3. The molecule has 0 saturated carbocycles. The lowest BCUT2D eigenvalue weighted by Crippen LogP contribution is -2.48. The fraction of sp³-hybridized carbons (Fsp3) is 0.235. The lowest BCUT2D eigenvalue weighted by Gasteiger charge is -2.31. The molecule has 2 aromatic rings. The van der Waals surface area contributed by atoms with E-state index in [2.05, 4.69) is 5.32 Å². The van der Waals surface area contributed by atoms with Gasteiger partial charge in [-0.1, -0.05) is 61.0 Å². The topological polar surface area (TPSA) is 49.3 Å². The smallest absolute Gasteiger partial charge is 0.329 e. The molecule has 110 valence electrons. The van der Waals surface area contributed by atoms with Crippen molar-refractivity contribution >= 4 is 23.3 Å². The minimum Gasteiger partial charge on any atom is -0.479 e. The van der Waals surface area contributed by atoms with Gasteiger partial charge < -0.3 is 10.4 Å². The van der Waals surface area contributed by atoms with Crippen molar-refractivity contribution in [3.8, 4) is 0 Å². The Morgan fingerprint density at radius 1 is 1.14 bits per heavy atom. The highest BCUT2D eigenvalue weighted by atomic mass is 35.5. The van der Waals surface area contributed by atoms with Crippen LogP contribution in [0.2, 0.25) is 5.02 Å². The molecule has 3 nitrogen and oxygen atoms in total. The standard InChI is InChI=1S/C17H18ClNO2/c1-2-17(16(20)21,12-13-8-4-3-5-9-13)19-15-11-7-6-10-14(15)18/h3-11,19H,2,12H2,1H3,(H,20,21). The molecule has 0 bridgehead atoms. The van der Waals surface area contributed by atoms with Crippen LogP contribution in [0.1, 0.15) is 18.9 Å². The van der Waals surface area contributed by atoms with Crippen LogP contribution in [0.15, 0.2) is 54.6 Å². The fourth-order valence-corrected chi connectivity index (χ4v) is 2.49. The van der Waals surface area contributed by atoms with Gasteiger partial charge in [-0.15, -0.1) is 0 Å². The van der Waals surface area contributed by atoms with E-state index < -0.39 is 11.5 Å². The molecular weight excluding hydrogens is 286 g/mol. The molecule has 4 heteroatoms. The molecule has 0 radical (unpaired) electrons. The molecule has 2 aromatic carbocycles. The lowest BCUT2D eigenvalue weighted by atomic mass is 9.87. The monoisotopic (exact) mass is 303 g/mol. The number of benzene rings is 2. The van der Waals surface area contributed by atoms with Gasteiger partial charge in [0.1, 0.15) is 5.54 Å². The third kappa shape index (κ3) is 3.56. The number of halogens is 1. The highest BCUT2D eigenvalue weighted by Crippen LogP contribution is 2.28. The Morgan fingerprint density at radius 3 is 2.33 bits per heavy atom. The Bertz CT molecular complexity index is 615. The average molecular weight is 304 g/mol. The summed E-state index contributed by atoms with van der Waals surface area (Å²) < 4.78 is 0. The third-order valence-electron chi connectivity index (χ3n) is 3.61. The summed E-state index contributed by atoms with van der Waals surface area (Å²) in [5.74, 6) is -0.881. The summed E-state index contributed by atoms with van der Waals surface area (Å²) >= 11 is 6.14. The second-order valence-electron chi connectivity index (χ2n) is 5.01. The summed E-state index contributed by atoms with van der Waals surface area (Å²) in [4.78, 5) is 11.9. The summed E-state index contributed by atoms with van der Waals surface area (Å²) in [6.07, 6.45) is 0.841. The van der Waals surface area contributed by atoms with Crippen molar-refractivity contribution in [2.45, 2.75) is 25.3 Å². The first kappa shape index (κ1) is 15.4. The molecule has 1 unspecified atom stereocenters. The molecule has 0 saturated heterocycles. The summed E-state index contributed by atoms with van der Waals surface area (Å²) in [7, 11) is 0. The normalized spacial score (nSPS) is 13.4. The van der Waals surface area contributed by atoms with Crippen LogP contribution in [0.4, 0.5) is 5.69 Å². The molecule has 0 aliphatic heterocycles. The predicted molar refractivity (Wildman–Crippen MR) is 85.9 cm³/mol. The van der Waals surface area contributed by atoms with Crippen molar-refractivity contribution in [2.24, 2.45) is 0 Å². The Hall–Kier alpha value is -2.00. The summed E-state index contributed by atoms with van der Waals surface area (Å²) in [6.45, 7) is 1.86. The lowest BCUT2D eigenvalue weighted by molar-refractivity contribution is -0.142. The fourth-order valence-electron chi connectivity index (χ4n) is 2.30. The van der Waals surface area contributed by atoms with Gasteiger partial charge in [-0.05, 0) is 24.1 Å². The highest BCUT2D eigenvalue weighted by molar-refractivity contribution is 6.33. The number of carboxylic acid groups (broad SMARTS) is 1. The maximum Gasteiger partial charge on any atom is 0.329 e. The number of rotatable bonds is 6. The number of hydrogen-bond acceptors (Lipinski definition) is 2. The van der Waals surface area contributed by atoms with Gasteiger partial charge in [-0.25, -0.2) is 4.79 Å². The second-order valence-corrected chi connectivity index (χ2v) is 5.42. The second kappa shape index (κ2) is 6.64.